The number of nitrogens with one attached hydrogen (secondary N) is 1. The second kappa shape index (κ2) is 9.93. The van der Waals surface area contributed by atoms with Crippen LogP contribution in [0.15, 0.2) is 53.4 Å². The Labute approximate surface area is 194 Å². The number of ether oxygens (including phenoxy) is 1. The quantitative estimate of drug-likeness (QED) is 0.698. The van der Waals surface area contributed by atoms with Crippen molar-refractivity contribution in [2.75, 3.05) is 37.0 Å². The van der Waals surface area contributed by atoms with Crippen LogP contribution in [0, 0.1) is 5.92 Å². The number of rotatable bonds is 6. The molecule has 0 saturated carbocycles. The third-order valence-corrected chi connectivity index (χ3v) is 8.11. The van der Waals surface area contributed by atoms with Gasteiger partial charge in [-0.1, -0.05) is 25.0 Å². The normalized spacial score (nSPS) is 19.8. The fraction of sp³-hybridized carbons (Fsp3) is 0.417. The molecule has 1 unspecified atom stereocenters. The Morgan fingerprint density at radius 2 is 1.67 bits per heavy atom. The molecule has 8 nitrogen and oxygen atoms in total. The van der Waals surface area contributed by atoms with E-state index < -0.39 is 15.9 Å². The second-order valence-corrected chi connectivity index (χ2v) is 10.3. The average molecular weight is 472 g/mol. The van der Waals surface area contributed by atoms with Crippen molar-refractivity contribution in [1.29, 1.82) is 0 Å². The lowest BCUT2D eigenvalue weighted by atomic mass is 10.1. The van der Waals surface area contributed by atoms with E-state index in [1.54, 1.807) is 40.6 Å². The van der Waals surface area contributed by atoms with Crippen LogP contribution >= 0.6 is 0 Å². The van der Waals surface area contributed by atoms with E-state index in [9.17, 15) is 18.0 Å². The number of carbonyl (C=O) groups is 2. The zero-order valence-electron chi connectivity index (χ0n) is 18.7. The summed E-state index contributed by atoms with van der Waals surface area (Å²) in [4.78, 5) is 27.2. The van der Waals surface area contributed by atoms with Crippen LogP contribution in [0.25, 0.3) is 0 Å². The van der Waals surface area contributed by atoms with Gasteiger partial charge in [-0.25, -0.2) is 8.42 Å². The molecule has 0 aromatic heterocycles. The first-order chi connectivity index (χ1) is 15.9. The minimum absolute atomic E-state index is 0.102. The van der Waals surface area contributed by atoms with Crippen LogP contribution in [0.1, 0.15) is 32.1 Å². The Bertz CT molecular complexity index is 1110. The first-order valence-electron chi connectivity index (χ1n) is 11.2. The molecular weight excluding hydrogens is 442 g/mol. The van der Waals surface area contributed by atoms with E-state index in [1.807, 2.05) is 12.1 Å². The monoisotopic (exact) mass is 471 g/mol. The van der Waals surface area contributed by atoms with Crippen molar-refractivity contribution in [2.24, 2.45) is 5.92 Å². The van der Waals surface area contributed by atoms with E-state index in [2.05, 4.69) is 5.32 Å². The SMILES string of the molecule is COc1ccccc1N1CC(C(=O)Nc2ccc(S(=O)(=O)N3CCCCCC3)cc2)CC1=O. The lowest BCUT2D eigenvalue weighted by Crippen LogP contribution is -2.32. The Balaban J connectivity index is 1.41. The van der Waals surface area contributed by atoms with Crippen molar-refractivity contribution >= 4 is 33.2 Å². The highest BCUT2D eigenvalue weighted by atomic mass is 32.2. The number of benzene rings is 2. The molecule has 0 aliphatic carbocycles. The molecule has 2 saturated heterocycles. The molecule has 2 fully saturated rings. The molecule has 33 heavy (non-hydrogen) atoms. The molecule has 2 aromatic carbocycles. The van der Waals surface area contributed by atoms with E-state index >= 15 is 0 Å². The van der Waals surface area contributed by atoms with Gasteiger partial charge >= 0.3 is 0 Å². The van der Waals surface area contributed by atoms with Crippen LogP contribution in [-0.4, -0.2) is 51.3 Å². The maximum absolute atomic E-state index is 12.9. The van der Waals surface area contributed by atoms with Gasteiger partial charge in [0.15, 0.2) is 0 Å². The summed E-state index contributed by atoms with van der Waals surface area (Å²) in [7, 11) is -2.00. The summed E-state index contributed by atoms with van der Waals surface area (Å²) in [6.45, 7) is 1.34. The Morgan fingerprint density at radius 1 is 1.00 bits per heavy atom. The molecule has 1 N–H and O–H groups in total. The maximum Gasteiger partial charge on any atom is 0.243 e. The number of nitrogens with zero attached hydrogens (tertiary/aromatic N) is 2. The number of sulfonamides is 1. The zero-order chi connectivity index (χ0) is 23.4. The van der Waals surface area contributed by atoms with Gasteiger partial charge in [-0.15, -0.1) is 0 Å². The molecule has 9 heteroatoms. The smallest absolute Gasteiger partial charge is 0.243 e. The highest BCUT2D eigenvalue weighted by Gasteiger charge is 2.36. The van der Waals surface area contributed by atoms with E-state index in [-0.39, 0.29) is 29.7 Å². The molecule has 176 valence electrons. The lowest BCUT2D eigenvalue weighted by Gasteiger charge is -2.20. The predicted octanol–water partition coefficient (Wildman–Crippen LogP) is 3.25. The van der Waals surface area contributed by atoms with Crippen LogP contribution < -0.4 is 15.0 Å². The highest BCUT2D eigenvalue weighted by Crippen LogP contribution is 2.33. The van der Waals surface area contributed by atoms with Crippen LogP contribution in [0.5, 0.6) is 5.75 Å². The van der Waals surface area contributed by atoms with Crippen molar-refractivity contribution in [3.8, 4) is 5.75 Å². The van der Waals surface area contributed by atoms with Crippen molar-refractivity contribution in [1.82, 2.24) is 4.31 Å². The number of amides is 2. The van der Waals surface area contributed by atoms with E-state index in [0.717, 1.165) is 25.7 Å². The fourth-order valence-electron chi connectivity index (χ4n) is 4.35. The van der Waals surface area contributed by atoms with E-state index in [4.69, 9.17) is 4.74 Å². The van der Waals surface area contributed by atoms with Crippen LogP contribution in [-0.2, 0) is 19.6 Å². The molecule has 2 amide bonds. The van der Waals surface area contributed by atoms with Gasteiger partial charge < -0.3 is 15.0 Å². The lowest BCUT2D eigenvalue weighted by molar-refractivity contribution is -0.122. The number of methoxy groups -OCH3 is 1. The second-order valence-electron chi connectivity index (χ2n) is 8.41. The summed E-state index contributed by atoms with van der Waals surface area (Å²) in [6.07, 6.45) is 3.95. The summed E-state index contributed by atoms with van der Waals surface area (Å²) in [5.41, 5.74) is 1.14. The van der Waals surface area contributed by atoms with Gasteiger partial charge in [0.2, 0.25) is 21.8 Å². The minimum Gasteiger partial charge on any atom is -0.495 e. The van der Waals surface area contributed by atoms with Gasteiger partial charge in [0.25, 0.3) is 0 Å². The topological polar surface area (TPSA) is 96.0 Å². The van der Waals surface area contributed by atoms with Crippen LogP contribution in [0.3, 0.4) is 0 Å². The molecule has 2 aliphatic rings. The van der Waals surface area contributed by atoms with Gasteiger partial charge in [-0.2, -0.15) is 4.31 Å². The number of anilines is 2. The molecule has 2 aliphatic heterocycles. The molecule has 4 rings (SSSR count). The number of para-hydroxylation sites is 2. The van der Waals surface area contributed by atoms with Gasteiger partial charge in [-0.3, -0.25) is 9.59 Å². The largest absolute Gasteiger partial charge is 0.495 e. The number of hydrogen-bond donors (Lipinski definition) is 1. The molecule has 1 atom stereocenters. The molecule has 2 heterocycles. The zero-order valence-corrected chi connectivity index (χ0v) is 19.5. The number of carbonyl (C=O) groups excluding carboxylic acids is 2. The summed E-state index contributed by atoms with van der Waals surface area (Å²) < 4.78 is 32.7. The Hall–Kier alpha value is -2.91. The van der Waals surface area contributed by atoms with E-state index in [1.165, 1.54) is 12.1 Å². The Kier molecular flexibility index (Phi) is 6.99. The molecule has 0 spiro atoms. The first-order valence-corrected chi connectivity index (χ1v) is 12.7. The highest BCUT2D eigenvalue weighted by molar-refractivity contribution is 7.89. The van der Waals surface area contributed by atoms with Crippen LogP contribution in [0.2, 0.25) is 0 Å². The summed E-state index contributed by atoms with van der Waals surface area (Å²) >= 11 is 0. The third kappa shape index (κ3) is 5.04. The number of hydrogen-bond acceptors (Lipinski definition) is 5. The Morgan fingerprint density at radius 3 is 2.33 bits per heavy atom. The van der Waals surface area contributed by atoms with Gasteiger partial charge in [-0.05, 0) is 49.2 Å². The molecule has 0 bridgehead atoms. The van der Waals surface area contributed by atoms with Crippen molar-refractivity contribution in [2.45, 2.75) is 37.0 Å². The third-order valence-electron chi connectivity index (χ3n) is 6.20. The van der Waals surface area contributed by atoms with Crippen molar-refractivity contribution in [3.63, 3.8) is 0 Å². The first kappa shape index (κ1) is 23.3. The van der Waals surface area contributed by atoms with Gasteiger partial charge in [0, 0.05) is 31.7 Å². The minimum atomic E-state index is -3.54. The molecule has 0 radical (unpaired) electrons. The summed E-state index contributed by atoms with van der Waals surface area (Å²) in [5.74, 6) is -0.349. The molecule has 2 aromatic rings. The maximum atomic E-state index is 12.9. The fourth-order valence-corrected chi connectivity index (χ4v) is 5.87. The van der Waals surface area contributed by atoms with Crippen molar-refractivity contribution in [3.05, 3.63) is 48.5 Å². The standard InChI is InChI=1S/C24H29N3O5S/c1-32-22-9-5-4-8-21(22)27-17-18(16-23(27)28)24(29)25-19-10-12-20(13-11-19)33(30,31)26-14-6-2-3-7-15-26/h4-5,8-13,18H,2-3,6-7,14-17H2,1H3,(H,25,29). The molecular formula is C24H29N3O5S. The van der Waals surface area contributed by atoms with Crippen molar-refractivity contribution < 1.29 is 22.7 Å². The van der Waals surface area contributed by atoms with E-state index in [0.29, 0.717) is 30.2 Å². The summed E-state index contributed by atoms with van der Waals surface area (Å²) in [5, 5.41) is 2.82. The summed E-state index contributed by atoms with van der Waals surface area (Å²) in [6, 6.07) is 13.4. The van der Waals surface area contributed by atoms with Crippen LogP contribution in [0.4, 0.5) is 11.4 Å². The predicted molar refractivity (Wildman–Crippen MR) is 126 cm³/mol. The van der Waals surface area contributed by atoms with Gasteiger partial charge in [0.05, 0.1) is 23.6 Å². The van der Waals surface area contributed by atoms with Gasteiger partial charge in [0.1, 0.15) is 5.75 Å². The average Bonchev–Trinajstić information content (AvgIpc) is 3.01.